The molecule has 1 aromatic heterocycles. The third kappa shape index (κ3) is 4.35. The first-order chi connectivity index (χ1) is 12.1. The van der Waals surface area contributed by atoms with Crippen LogP contribution in [-0.2, 0) is 14.6 Å². The number of rotatable bonds is 3. The number of aromatic nitrogens is 2. The normalized spacial score (nSPS) is 16.8. The van der Waals surface area contributed by atoms with Gasteiger partial charge in [0.05, 0.1) is 16.8 Å². The lowest BCUT2D eigenvalue weighted by Crippen LogP contribution is -2.42. The van der Waals surface area contributed by atoms with Crippen LogP contribution in [0.4, 0.5) is 4.79 Å². The predicted octanol–water partition coefficient (Wildman–Crippen LogP) is 2.98. The summed E-state index contributed by atoms with van der Waals surface area (Å²) in [5.74, 6) is 0.0431. The lowest BCUT2D eigenvalue weighted by atomic mass is 9.99. The van der Waals surface area contributed by atoms with E-state index in [2.05, 4.69) is 9.97 Å². The van der Waals surface area contributed by atoms with Gasteiger partial charge in [-0.3, -0.25) is 0 Å². The van der Waals surface area contributed by atoms with Crippen molar-refractivity contribution < 1.29 is 17.9 Å². The molecule has 0 unspecified atom stereocenters. The fourth-order valence-corrected chi connectivity index (χ4v) is 4.69. The molecule has 1 aliphatic heterocycles. The number of carbonyl (C=O) groups excluding carboxylic acids is 1. The topological polar surface area (TPSA) is 92.4 Å². The maximum absolute atomic E-state index is 12.7. The monoisotopic (exact) mass is 379 g/mol. The number of nitrogens with one attached hydrogen (secondary N) is 1. The summed E-state index contributed by atoms with van der Waals surface area (Å²) in [6, 6.07) is 7.25. The Labute approximate surface area is 153 Å². The number of para-hydroxylation sites is 2. The van der Waals surface area contributed by atoms with Gasteiger partial charge < -0.3 is 14.6 Å². The Kier molecular flexibility index (Phi) is 4.96. The number of imidazole rings is 1. The van der Waals surface area contributed by atoms with Crippen LogP contribution in [0.25, 0.3) is 11.0 Å². The van der Waals surface area contributed by atoms with Crippen LogP contribution >= 0.6 is 0 Å². The van der Waals surface area contributed by atoms with Gasteiger partial charge in [-0.05, 0) is 51.7 Å². The molecule has 0 atom stereocenters. The van der Waals surface area contributed by atoms with E-state index in [1.54, 1.807) is 17.0 Å². The molecular weight excluding hydrogens is 354 g/mol. The predicted molar refractivity (Wildman–Crippen MR) is 98.7 cm³/mol. The summed E-state index contributed by atoms with van der Waals surface area (Å²) in [6.07, 6.45) is 0.938. The van der Waals surface area contributed by atoms with E-state index in [9.17, 15) is 13.2 Å². The van der Waals surface area contributed by atoms with Crippen molar-refractivity contribution in [3.05, 3.63) is 24.3 Å². The first kappa shape index (κ1) is 18.7. The molecule has 0 spiro atoms. The van der Waals surface area contributed by atoms with Gasteiger partial charge in [0.15, 0.2) is 0 Å². The van der Waals surface area contributed by atoms with Gasteiger partial charge in [0.1, 0.15) is 5.60 Å². The van der Waals surface area contributed by atoms with Crippen LogP contribution in [-0.4, -0.2) is 53.8 Å². The van der Waals surface area contributed by atoms with Crippen molar-refractivity contribution in [2.45, 2.75) is 44.4 Å². The minimum Gasteiger partial charge on any atom is -0.444 e. The number of carbonyl (C=O) groups is 1. The van der Waals surface area contributed by atoms with Gasteiger partial charge in [-0.25, -0.2) is 18.2 Å². The lowest BCUT2D eigenvalue weighted by Gasteiger charge is -2.33. The van der Waals surface area contributed by atoms with Gasteiger partial charge in [0, 0.05) is 13.1 Å². The fraction of sp³-hybridized carbons (Fsp3) is 0.556. The molecule has 2 aromatic rings. The summed E-state index contributed by atoms with van der Waals surface area (Å²) in [6.45, 7) is 6.51. The van der Waals surface area contributed by atoms with Crippen LogP contribution < -0.4 is 0 Å². The van der Waals surface area contributed by atoms with Crippen molar-refractivity contribution in [2.75, 3.05) is 18.8 Å². The largest absolute Gasteiger partial charge is 0.444 e. The Morgan fingerprint density at radius 3 is 2.54 bits per heavy atom. The number of hydrogen-bond acceptors (Lipinski definition) is 5. The van der Waals surface area contributed by atoms with E-state index in [1.165, 1.54) is 0 Å². The molecule has 26 heavy (non-hydrogen) atoms. The van der Waals surface area contributed by atoms with E-state index < -0.39 is 15.4 Å². The Balaban J connectivity index is 1.61. The second kappa shape index (κ2) is 6.90. The molecule has 1 saturated heterocycles. The Hall–Kier alpha value is -2.09. The van der Waals surface area contributed by atoms with Crippen molar-refractivity contribution in [1.82, 2.24) is 14.9 Å². The van der Waals surface area contributed by atoms with Crippen LogP contribution in [0.15, 0.2) is 29.4 Å². The molecule has 142 valence electrons. The second-order valence-corrected chi connectivity index (χ2v) is 9.70. The second-order valence-electron chi connectivity index (χ2n) is 7.75. The van der Waals surface area contributed by atoms with Crippen molar-refractivity contribution in [3.8, 4) is 0 Å². The standard InChI is InChI=1S/C18H25N3O4S/c1-18(2,3)25-17(22)21-10-8-13(9-11-21)12-26(23,24)16-19-14-6-4-5-7-15(14)20-16/h4-7,13H,8-12H2,1-3H3,(H,19,20). The molecule has 2 heterocycles. The van der Waals surface area contributed by atoms with E-state index in [0.29, 0.717) is 37.0 Å². The number of hydrogen-bond donors (Lipinski definition) is 1. The average molecular weight is 379 g/mol. The SMILES string of the molecule is CC(C)(C)OC(=O)N1CCC(CS(=O)(=O)c2nc3ccccc3[nH]2)CC1. The minimum absolute atomic E-state index is 0.00639. The first-order valence-corrected chi connectivity index (χ1v) is 10.4. The number of benzene rings is 1. The molecule has 3 rings (SSSR count). The highest BCUT2D eigenvalue weighted by atomic mass is 32.2. The number of H-pyrrole nitrogens is 1. The number of likely N-dealkylation sites (tertiary alicyclic amines) is 1. The summed E-state index contributed by atoms with van der Waals surface area (Å²) in [5.41, 5.74) is 0.829. The van der Waals surface area contributed by atoms with Gasteiger partial charge in [-0.2, -0.15) is 0 Å². The molecule has 1 N–H and O–H groups in total. The van der Waals surface area contributed by atoms with E-state index in [0.717, 1.165) is 0 Å². The summed E-state index contributed by atoms with van der Waals surface area (Å²) in [5, 5.41) is 0.0215. The van der Waals surface area contributed by atoms with Crippen molar-refractivity contribution in [3.63, 3.8) is 0 Å². The van der Waals surface area contributed by atoms with E-state index in [-0.39, 0.29) is 22.9 Å². The highest BCUT2D eigenvalue weighted by Gasteiger charge is 2.30. The van der Waals surface area contributed by atoms with Gasteiger partial charge in [-0.1, -0.05) is 12.1 Å². The highest BCUT2D eigenvalue weighted by molar-refractivity contribution is 7.91. The molecule has 0 aliphatic carbocycles. The molecule has 0 bridgehead atoms. The van der Waals surface area contributed by atoms with Crippen LogP contribution in [0.3, 0.4) is 0 Å². The average Bonchev–Trinajstić information content (AvgIpc) is 2.98. The smallest absolute Gasteiger partial charge is 0.410 e. The molecule has 8 heteroatoms. The van der Waals surface area contributed by atoms with E-state index in [4.69, 9.17) is 4.74 Å². The number of aromatic amines is 1. The third-order valence-electron chi connectivity index (χ3n) is 4.38. The van der Waals surface area contributed by atoms with Gasteiger partial charge in [-0.15, -0.1) is 0 Å². The molecule has 0 radical (unpaired) electrons. The zero-order valence-electron chi connectivity index (χ0n) is 15.4. The van der Waals surface area contributed by atoms with Crippen LogP contribution in [0.1, 0.15) is 33.6 Å². The molecule has 0 saturated carbocycles. The summed E-state index contributed by atoms with van der Waals surface area (Å²) in [4.78, 5) is 20.8. The van der Waals surface area contributed by atoms with E-state index >= 15 is 0 Å². The highest BCUT2D eigenvalue weighted by Crippen LogP contribution is 2.24. The Bertz CT molecular complexity index is 858. The summed E-state index contributed by atoms with van der Waals surface area (Å²) < 4.78 is 30.7. The number of sulfone groups is 1. The van der Waals surface area contributed by atoms with Crippen LogP contribution in [0.2, 0.25) is 0 Å². The Morgan fingerprint density at radius 1 is 1.27 bits per heavy atom. The molecule has 1 amide bonds. The minimum atomic E-state index is -3.49. The first-order valence-electron chi connectivity index (χ1n) is 8.79. The summed E-state index contributed by atoms with van der Waals surface area (Å²) in [7, 11) is -3.49. The number of nitrogens with zero attached hydrogens (tertiary/aromatic N) is 2. The lowest BCUT2D eigenvalue weighted by molar-refractivity contribution is 0.0191. The number of amides is 1. The zero-order chi connectivity index (χ0) is 18.9. The molecule has 1 fully saturated rings. The summed E-state index contributed by atoms with van der Waals surface area (Å²) >= 11 is 0. The third-order valence-corrected chi connectivity index (χ3v) is 6.08. The molecule has 1 aliphatic rings. The van der Waals surface area contributed by atoms with Crippen LogP contribution in [0.5, 0.6) is 0 Å². The molecular formula is C18H25N3O4S. The fourth-order valence-electron chi connectivity index (χ4n) is 3.07. The van der Waals surface area contributed by atoms with Crippen molar-refractivity contribution >= 4 is 27.0 Å². The van der Waals surface area contributed by atoms with Gasteiger partial charge in [0.25, 0.3) is 0 Å². The quantitative estimate of drug-likeness (QED) is 0.885. The number of fused-ring (bicyclic) bond motifs is 1. The zero-order valence-corrected chi connectivity index (χ0v) is 16.2. The van der Waals surface area contributed by atoms with E-state index in [1.807, 2.05) is 32.9 Å². The van der Waals surface area contributed by atoms with Gasteiger partial charge >= 0.3 is 6.09 Å². The van der Waals surface area contributed by atoms with Crippen molar-refractivity contribution in [2.24, 2.45) is 5.92 Å². The number of piperidine rings is 1. The van der Waals surface area contributed by atoms with Crippen LogP contribution in [0, 0.1) is 5.92 Å². The van der Waals surface area contributed by atoms with Crippen molar-refractivity contribution in [1.29, 1.82) is 0 Å². The maximum Gasteiger partial charge on any atom is 0.410 e. The maximum atomic E-state index is 12.7. The van der Waals surface area contributed by atoms with Gasteiger partial charge in [0.2, 0.25) is 15.0 Å². The molecule has 7 nitrogen and oxygen atoms in total. The number of ether oxygens (including phenoxy) is 1. The Morgan fingerprint density at radius 2 is 1.92 bits per heavy atom. The molecule has 1 aromatic carbocycles.